The number of nitrogens with one attached hydrogen (secondary N) is 1. The molecule has 31 heavy (non-hydrogen) atoms. The van der Waals surface area contributed by atoms with E-state index in [1.165, 1.54) is 10.5 Å². The fourth-order valence-electron chi connectivity index (χ4n) is 3.50. The Kier molecular flexibility index (Phi) is 7.47. The molecule has 0 aliphatic heterocycles. The van der Waals surface area contributed by atoms with Gasteiger partial charge in [-0.2, -0.15) is 0 Å². The molecule has 6 heteroatoms. The number of furan rings is 1. The van der Waals surface area contributed by atoms with E-state index >= 15 is 0 Å². The highest BCUT2D eigenvalue weighted by molar-refractivity contribution is 5.96. The molecule has 3 aromatic rings. The molecule has 0 radical (unpaired) electrons. The van der Waals surface area contributed by atoms with Gasteiger partial charge in [0.2, 0.25) is 11.8 Å². The third kappa shape index (κ3) is 5.52. The first kappa shape index (κ1) is 22.6. The van der Waals surface area contributed by atoms with Gasteiger partial charge in [-0.15, -0.1) is 0 Å². The second-order valence-corrected chi connectivity index (χ2v) is 7.73. The number of amides is 2. The smallest absolute Gasteiger partial charge is 0.244 e. The topological polar surface area (TPSA) is 71.8 Å². The van der Waals surface area contributed by atoms with E-state index in [2.05, 4.69) is 12.2 Å². The minimum atomic E-state index is -0.234. The lowest BCUT2D eigenvalue weighted by Gasteiger charge is -2.22. The first-order valence-electron chi connectivity index (χ1n) is 10.5. The van der Waals surface area contributed by atoms with Crippen LogP contribution in [0.1, 0.15) is 29.2 Å². The molecule has 2 amide bonds. The zero-order valence-electron chi connectivity index (χ0n) is 18.7. The normalized spacial score (nSPS) is 11.0. The predicted molar refractivity (Wildman–Crippen MR) is 122 cm³/mol. The first-order chi connectivity index (χ1) is 14.9. The lowest BCUT2D eigenvalue weighted by atomic mass is 10.1. The second kappa shape index (κ2) is 10.3. The number of rotatable bonds is 9. The van der Waals surface area contributed by atoms with Gasteiger partial charge in [0.1, 0.15) is 5.58 Å². The van der Waals surface area contributed by atoms with Crippen molar-refractivity contribution >= 4 is 28.5 Å². The van der Waals surface area contributed by atoms with Gasteiger partial charge in [0.05, 0.1) is 25.8 Å². The summed E-state index contributed by atoms with van der Waals surface area (Å²) < 4.78 is 10.8. The molecule has 0 saturated heterocycles. The van der Waals surface area contributed by atoms with Gasteiger partial charge >= 0.3 is 0 Å². The number of fused-ring (bicyclic) bond motifs is 1. The van der Waals surface area contributed by atoms with Crippen molar-refractivity contribution in [3.8, 4) is 0 Å². The van der Waals surface area contributed by atoms with E-state index in [-0.39, 0.29) is 24.8 Å². The van der Waals surface area contributed by atoms with E-state index in [9.17, 15) is 9.59 Å². The number of anilines is 1. The maximum Gasteiger partial charge on any atom is 0.244 e. The molecule has 2 aromatic carbocycles. The SMILES string of the molecule is CCc1ccc2c(CC(=O)N(CCOC)CC(=O)Nc3cccc(C)c3C)coc2c1. The number of carbonyl (C=O) groups is 2. The Bertz CT molecular complexity index is 1070. The number of hydrogen-bond donors (Lipinski definition) is 1. The summed E-state index contributed by atoms with van der Waals surface area (Å²) in [6.45, 7) is 6.71. The van der Waals surface area contributed by atoms with Crippen LogP contribution >= 0.6 is 0 Å². The van der Waals surface area contributed by atoms with Crippen LogP contribution in [0.2, 0.25) is 0 Å². The van der Waals surface area contributed by atoms with Gasteiger partial charge in [-0.05, 0) is 49.1 Å². The second-order valence-electron chi connectivity index (χ2n) is 7.73. The van der Waals surface area contributed by atoms with Crippen molar-refractivity contribution in [3.63, 3.8) is 0 Å². The third-order valence-corrected chi connectivity index (χ3v) is 5.60. The lowest BCUT2D eigenvalue weighted by molar-refractivity contribution is -0.134. The van der Waals surface area contributed by atoms with Crippen LogP contribution in [0.5, 0.6) is 0 Å². The summed E-state index contributed by atoms with van der Waals surface area (Å²) in [5.41, 5.74) is 5.66. The summed E-state index contributed by atoms with van der Waals surface area (Å²) in [6.07, 6.45) is 2.72. The number of benzene rings is 2. The Morgan fingerprint density at radius 1 is 1.16 bits per heavy atom. The molecular weight excluding hydrogens is 392 g/mol. The lowest BCUT2D eigenvalue weighted by Crippen LogP contribution is -2.40. The van der Waals surface area contributed by atoms with Crippen LogP contribution in [0.3, 0.4) is 0 Å². The highest BCUT2D eigenvalue weighted by Gasteiger charge is 2.20. The van der Waals surface area contributed by atoms with Crippen LogP contribution in [-0.4, -0.2) is 43.5 Å². The van der Waals surface area contributed by atoms with Crippen molar-refractivity contribution < 1.29 is 18.7 Å². The van der Waals surface area contributed by atoms with Gasteiger partial charge in [0.25, 0.3) is 0 Å². The van der Waals surface area contributed by atoms with Crippen LogP contribution in [0.25, 0.3) is 11.0 Å². The highest BCUT2D eigenvalue weighted by atomic mass is 16.5. The minimum absolute atomic E-state index is 0.0364. The molecule has 0 bridgehead atoms. The molecule has 0 fully saturated rings. The molecule has 0 unspecified atom stereocenters. The Morgan fingerprint density at radius 3 is 2.71 bits per heavy atom. The van der Waals surface area contributed by atoms with Crippen molar-refractivity contribution in [2.24, 2.45) is 0 Å². The van der Waals surface area contributed by atoms with Crippen LogP contribution in [-0.2, 0) is 27.2 Å². The number of carbonyl (C=O) groups excluding carboxylic acids is 2. The maximum atomic E-state index is 13.0. The fourth-order valence-corrected chi connectivity index (χ4v) is 3.50. The van der Waals surface area contributed by atoms with Gasteiger partial charge in [-0.3, -0.25) is 9.59 Å². The number of nitrogens with zero attached hydrogens (tertiary/aromatic N) is 1. The van der Waals surface area contributed by atoms with Crippen molar-refractivity contribution in [1.82, 2.24) is 4.90 Å². The standard InChI is InChI=1S/C25H30N2O4/c1-5-19-9-10-21-20(16-31-23(21)13-19)14-25(29)27(11-12-30-4)15-24(28)26-22-8-6-7-17(2)18(22)3/h6-10,13,16H,5,11-12,14-15H2,1-4H3,(H,26,28). The molecule has 3 rings (SSSR count). The third-order valence-electron chi connectivity index (χ3n) is 5.60. The summed E-state index contributed by atoms with van der Waals surface area (Å²) in [7, 11) is 1.58. The van der Waals surface area contributed by atoms with E-state index in [0.717, 1.165) is 39.8 Å². The van der Waals surface area contributed by atoms with Crippen molar-refractivity contribution in [1.29, 1.82) is 0 Å². The average molecular weight is 423 g/mol. The van der Waals surface area contributed by atoms with E-state index in [1.807, 2.05) is 50.2 Å². The largest absolute Gasteiger partial charge is 0.464 e. The van der Waals surface area contributed by atoms with Gasteiger partial charge in [0, 0.05) is 30.3 Å². The molecule has 0 spiro atoms. The summed E-state index contributed by atoms with van der Waals surface area (Å²) in [5, 5.41) is 3.85. The Hall–Kier alpha value is -3.12. The molecule has 6 nitrogen and oxygen atoms in total. The van der Waals surface area contributed by atoms with E-state index in [0.29, 0.717) is 13.2 Å². The summed E-state index contributed by atoms with van der Waals surface area (Å²) >= 11 is 0. The zero-order valence-corrected chi connectivity index (χ0v) is 18.7. The molecule has 0 atom stereocenters. The quantitative estimate of drug-likeness (QED) is 0.559. The van der Waals surface area contributed by atoms with Gasteiger partial charge in [-0.25, -0.2) is 0 Å². The molecule has 164 valence electrons. The van der Waals surface area contributed by atoms with Crippen LogP contribution in [0, 0.1) is 13.8 Å². The Labute approximate surface area is 183 Å². The van der Waals surface area contributed by atoms with Gasteiger partial charge < -0.3 is 19.4 Å². The maximum absolute atomic E-state index is 13.0. The first-order valence-corrected chi connectivity index (χ1v) is 10.5. The number of aryl methyl sites for hydroxylation is 2. The number of methoxy groups -OCH3 is 1. The summed E-state index contributed by atoms with van der Waals surface area (Å²) in [6, 6.07) is 11.8. The summed E-state index contributed by atoms with van der Waals surface area (Å²) in [4.78, 5) is 27.2. The molecular formula is C25H30N2O4. The van der Waals surface area contributed by atoms with Crippen LogP contribution in [0.15, 0.2) is 47.1 Å². The van der Waals surface area contributed by atoms with Crippen LogP contribution < -0.4 is 5.32 Å². The Balaban J connectivity index is 1.71. The van der Waals surface area contributed by atoms with Crippen molar-refractivity contribution in [2.75, 3.05) is 32.1 Å². The highest BCUT2D eigenvalue weighted by Crippen LogP contribution is 2.24. The van der Waals surface area contributed by atoms with E-state index < -0.39 is 0 Å². The minimum Gasteiger partial charge on any atom is -0.464 e. The van der Waals surface area contributed by atoms with E-state index in [4.69, 9.17) is 9.15 Å². The molecule has 1 N–H and O–H groups in total. The molecule has 1 aromatic heterocycles. The number of ether oxygens (including phenoxy) is 1. The Morgan fingerprint density at radius 2 is 1.97 bits per heavy atom. The molecule has 0 saturated carbocycles. The van der Waals surface area contributed by atoms with Crippen LogP contribution in [0.4, 0.5) is 5.69 Å². The van der Waals surface area contributed by atoms with Crippen molar-refractivity contribution in [2.45, 2.75) is 33.6 Å². The van der Waals surface area contributed by atoms with Crippen molar-refractivity contribution in [3.05, 3.63) is 64.9 Å². The predicted octanol–water partition coefficient (Wildman–Crippen LogP) is 4.27. The average Bonchev–Trinajstić information content (AvgIpc) is 3.16. The van der Waals surface area contributed by atoms with E-state index in [1.54, 1.807) is 13.4 Å². The molecule has 1 heterocycles. The monoisotopic (exact) mass is 422 g/mol. The molecule has 0 aliphatic carbocycles. The van der Waals surface area contributed by atoms with Gasteiger partial charge in [0.15, 0.2) is 0 Å². The summed E-state index contributed by atoms with van der Waals surface area (Å²) in [5.74, 6) is -0.377. The van der Waals surface area contributed by atoms with Gasteiger partial charge in [-0.1, -0.05) is 31.2 Å². The number of hydrogen-bond acceptors (Lipinski definition) is 4. The molecule has 0 aliphatic rings. The fraction of sp³-hybridized carbons (Fsp3) is 0.360. The zero-order chi connectivity index (χ0) is 22.4.